The lowest BCUT2D eigenvalue weighted by Gasteiger charge is -2.15. The minimum atomic E-state index is -0.559. The van der Waals surface area contributed by atoms with Gasteiger partial charge in [0.25, 0.3) is 0 Å². The third kappa shape index (κ3) is 1.99. The van der Waals surface area contributed by atoms with Crippen LogP contribution >= 0.6 is 0 Å². The summed E-state index contributed by atoms with van der Waals surface area (Å²) in [4.78, 5) is 7.62. The van der Waals surface area contributed by atoms with Crippen LogP contribution in [0.25, 0.3) is 0 Å². The van der Waals surface area contributed by atoms with Crippen LogP contribution in [-0.2, 0) is 0 Å². The molecule has 0 aliphatic heterocycles. The van der Waals surface area contributed by atoms with Gasteiger partial charge in [-0.1, -0.05) is 6.92 Å². The van der Waals surface area contributed by atoms with Crippen molar-refractivity contribution < 1.29 is 5.11 Å². The number of nitrogens with zero attached hydrogens (tertiary/aromatic N) is 2. The van der Waals surface area contributed by atoms with Crippen molar-refractivity contribution in [2.24, 2.45) is 11.7 Å². The second kappa shape index (κ2) is 4.13. The summed E-state index contributed by atoms with van der Waals surface area (Å²) < 4.78 is 0. The third-order valence-corrected chi connectivity index (χ3v) is 1.83. The van der Waals surface area contributed by atoms with E-state index < -0.39 is 6.10 Å². The molecule has 1 aromatic rings. The van der Waals surface area contributed by atoms with Gasteiger partial charge in [0, 0.05) is 18.0 Å². The van der Waals surface area contributed by atoms with Crippen LogP contribution in [0.2, 0.25) is 0 Å². The maximum Gasteiger partial charge on any atom is 0.115 e. The molecule has 4 heteroatoms. The van der Waals surface area contributed by atoms with Gasteiger partial charge in [0.05, 0.1) is 6.10 Å². The molecule has 0 aliphatic carbocycles. The first-order valence-electron chi connectivity index (χ1n) is 3.88. The van der Waals surface area contributed by atoms with E-state index in [9.17, 15) is 5.11 Å². The molecule has 0 amide bonds. The van der Waals surface area contributed by atoms with Gasteiger partial charge in [0.15, 0.2) is 0 Å². The highest BCUT2D eigenvalue weighted by atomic mass is 16.3. The monoisotopic (exact) mass is 167 g/mol. The van der Waals surface area contributed by atoms with Crippen molar-refractivity contribution in [1.82, 2.24) is 9.97 Å². The van der Waals surface area contributed by atoms with Gasteiger partial charge in [-0.25, -0.2) is 9.97 Å². The molecule has 0 radical (unpaired) electrons. The number of hydrogen-bond donors (Lipinski definition) is 2. The Morgan fingerprint density at radius 1 is 1.50 bits per heavy atom. The Labute approximate surface area is 71.5 Å². The molecule has 12 heavy (non-hydrogen) atoms. The first-order chi connectivity index (χ1) is 5.75. The molecule has 66 valence electrons. The molecule has 0 aliphatic rings. The molecular formula is C8H13N3O. The zero-order chi connectivity index (χ0) is 8.97. The fourth-order valence-corrected chi connectivity index (χ4v) is 0.921. The van der Waals surface area contributed by atoms with Crippen LogP contribution in [0, 0.1) is 5.92 Å². The average molecular weight is 167 g/mol. The number of aromatic nitrogens is 2. The molecule has 1 heterocycles. The van der Waals surface area contributed by atoms with Crippen molar-refractivity contribution in [2.75, 3.05) is 6.54 Å². The van der Waals surface area contributed by atoms with E-state index in [-0.39, 0.29) is 5.92 Å². The van der Waals surface area contributed by atoms with E-state index in [0.717, 1.165) is 5.56 Å². The number of hydrogen-bond acceptors (Lipinski definition) is 4. The van der Waals surface area contributed by atoms with Gasteiger partial charge in [0.2, 0.25) is 0 Å². The molecule has 3 N–H and O–H groups in total. The van der Waals surface area contributed by atoms with Gasteiger partial charge >= 0.3 is 0 Å². The van der Waals surface area contributed by atoms with Crippen molar-refractivity contribution in [3.05, 3.63) is 24.3 Å². The Morgan fingerprint density at radius 2 is 2.08 bits per heavy atom. The molecule has 0 saturated heterocycles. The van der Waals surface area contributed by atoms with Crippen molar-refractivity contribution in [1.29, 1.82) is 0 Å². The average Bonchev–Trinajstić information content (AvgIpc) is 2.17. The summed E-state index contributed by atoms with van der Waals surface area (Å²) >= 11 is 0. The third-order valence-electron chi connectivity index (χ3n) is 1.83. The highest BCUT2D eigenvalue weighted by molar-refractivity contribution is 5.07. The van der Waals surface area contributed by atoms with Gasteiger partial charge in [-0.3, -0.25) is 0 Å². The predicted octanol–water partition coefficient (Wildman–Crippen LogP) is 0.105. The van der Waals surface area contributed by atoms with Gasteiger partial charge < -0.3 is 10.8 Å². The molecule has 0 bridgehead atoms. The smallest absolute Gasteiger partial charge is 0.115 e. The van der Waals surface area contributed by atoms with Crippen LogP contribution in [0.15, 0.2) is 18.7 Å². The summed E-state index contributed by atoms with van der Waals surface area (Å²) in [5, 5.41) is 9.63. The number of aliphatic hydroxyl groups excluding tert-OH is 1. The standard InChI is InChI=1S/C8H13N3O/c1-6(2-9)8(12)7-3-10-5-11-4-7/h3-6,8,12H,2,9H2,1H3. The highest BCUT2D eigenvalue weighted by Gasteiger charge is 2.14. The Hall–Kier alpha value is -1.00. The lowest BCUT2D eigenvalue weighted by atomic mass is 10.0. The topological polar surface area (TPSA) is 72.0 Å². The molecule has 1 aromatic heterocycles. The number of aliphatic hydroxyl groups is 1. The summed E-state index contributed by atoms with van der Waals surface area (Å²) in [5.74, 6) is 0.0380. The maximum absolute atomic E-state index is 9.63. The van der Waals surface area contributed by atoms with E-state index in [2.05, 4.69) is 9.97 Å². The van der Waals surface area contributed by atoms with Crippen molar-refractivity contribution in [3.8, 4) is 0 Å². The Balaban J connectivity index is 2.71. The van der Waals surface area contributed by atoms with E-state index in [1.807, 2.05) is 6.92 Å². The van der Waals surface area contributed by atoms with Crippen LogP contribution in [0.3, 0.4) is 0 Å². The zero-order valence-electron chi connectivity index (χ0n) is 7.01. The van der Waals surface area contributed by atoms with Gasteiger partial charge in [-0.05, 0) is 12.5 Å². The Morgan fingerprint density at radius 3 is 2.58 bits per heavy atom. The summed E-state index contributed by atoms with van der Waals surface area (Å²) in [6.45, 7) is 2.34. The van der Waals surface area contributed by atoms with Gasteiger partial charge in [-0.2, -0.15) is 0 Å². The molecule has 0 spiro atoms. The largest absolute Gasteiger partial charge is 0.388 e. The van der Waals surface area contributed by atoms with Crippen molar-refractivity contribution >= 4 is 0 Å². The van der Waals surface area contributed by atoms with Crippen LogP contribution < -0.4 is 5.73 Å². The van der Waals surface area contributed by atoms with E-state index >= 15 is 0 Å². The first kappa shape index (κ1) is 9.09. The SMILES string of the molecule is CC(CN)C(O)c1cncnc1. The van der Waals surface area contributed by atoms with E-state index in [1.54, 1.807) is 12.4 Å². The molecular weight excluding hydrogens is 154 g/mol. The summed E-state index contributed by atoms with van der Waals surface area (Å²) in [6, 6.07) is 0. The summed E-state index contributed by atoms with van der Waals surface area (Å²) in [6.07, 6.45) is 4.08. The molecule has 2 unspecified atom stereocenters. The predicted molar refractivity (Wildman–Crippen MR) is 45.2 cm³/mol. The van der Waals surface area contributed by atoms with Crippen molar-refractivity contribution in [2.45, 2.75) is 13.0 Å². The lowest BCUT2D eigenvalue weighted by Crippen LogP contribution is -2.19. The van der Waals surface area contributed by atoms with Gasteiger partial charge in [0.1, 0.15) is 6.33 Å². The van der Waals surface area contributed by atoms with Crippen LogP contribution in [0.5, 0.6) is 0 Å². The number of nitrogens with two attached hydrogens (primary N) is 1. The highest BCUT2D eigenvalue weighted by Crippen LogP contribution is 2.18. The molecule has 1 rings (SSSR count). The maximum atomic E-state index is 9.63. The zero-order valence-corrected chi connectivity index (χ0v) is 7.01. The molecule has 0 saturated carbocycles. The molecule has 0 aromatic carbocycles. The quantitative estimate of drug-likeness (QED) is 0.670. The fraction of sp³-hybridized carbons (Fsp3) is 0.500. The lowest BCUT2D eigenvalue weighted by molar-refractivity contribution is 0.121. The van der Waals surface area contributed by atoms with Crippen LogP contribution in [0.4, 0.5) is 0 Å². The minimum absolute atomic E-state index is 0.0380. The van der Waals surface area contributed by atoms with Gasteiger partial charge in [-0.15, -0.1) is 0 Å². The number of rotatable bonds is 3. The molecule has 2 atom stereocenters. The van der Waals surface area contributed by atoms with Crippen LogP contribution in [-0.4, -0.2) is 21.6 Å². The van der Waals surface area contributed by atoms with E-state index in [1.165, 1.54) is 6.33 Å². The first-order valence-corrected chi connectivity index (χ1v) is 3.88. The second-order valence-corrected chi connectivity index (χ2v) is 2.83. The normalized spacial score (nSPS) is 15.6. The van der Waals surface area contributed by atoms with Crippen LogP contribution in [0.1, 0.15) is 18.6 Å². The van der Waals surface area contributed by atoms with E-state index in [4.69, 9.17) is 5.73 Å². The van der Waals surface area contributed by atoms with Crippen molar-refractivity contribution in [3.63, 3.8) is 0 Å². The molecule has 4 nitrogen and oxygen atoms in total. The fourth-order valence-electron chi connectivity index (χ4n) is 0.921. The minimum Gasteiger partial charge on any atom is -0.388 e. The van der Waals surface area contributed by atoms with E-state index in [0.29, 0.717) is 6.54 Å². The summed E-state index contributed by atoms with van der Waals surface area (Å²) in [7, 11) is 0. The summed E-state index contributed by atoms with van der Waals surface area (Å²) in [5.41, 5.74) is 6.13. The second-order valence-electron chi connectivity index (χ2n) is 2.83. The Kier molecular flexibility index (Phi) is 3.13. The Bertz CT molecular complexity index is 227. The molecule has 0 fully saturated rings.